The van der Waals surface area contributed by atoms with Crippen molar-refractivity contribution in [3.05, 3.63) is 45.7 Å². The largest absolute Gasteiger partial charge is 0.494 e. The van der Waals surface area contributed by atoms with Crippen molar-refractivity contribution in [1.29, 1.82) is 0 Å². The Bertz CT molecular complexity index is 660. The maximum Gasteiger partial charge on any atom is 0.317 e. The van der Waals surface area contributed by atoms with Gasteiger partial charge in [-0.3, -0.25) is 0 Å². The summed E-state index contributed by atoms with van der Waals surface area (Å²) in [6.07, 6.45) is 0. The fraction of sp³-hybridized carbons (Fsp3) is 0.333. The Hall–Kier alpha value is -2.15. The number of benzene rings is 1. The lowest BCUT2D eigenvalue weighted by Crippen LogP contribution is -2.36. The fourth-order valence-electron chi connectivity index (χ4n) is 1.94. The molecule has 1 aromatic heterocycles. The first-order valence-electron chi connectivity index (χ1n) is 6.71. The van der Waals surface area contributed by atoms with Gasteiger partial charge in [0.05, 0.1) is 24.9 Å². The van der Waals surface area contributed by atoms with E-state index in [4.69, 9.17) is 4.74 Å². The minimum absolute atomic E-state index is 0.191. The number of rotatable bonds is 5. The Morgan fingerprint density at radius 2 is 2.27 bits per heavy atom. The summed E-state index contributed by atoms with van der Waals surface area (Å²) in [5.41, 5.74) is 3.37. The second-order valence-electron chi connectivity index (χ2n) is 4.84. The first-order valence-corrected chi connectivity index (χ1v) is 7.59. The van der Waals surface area contributed by atoms with Crippen LogP contribution in [-0.2, 0) is 13.1 Å². The van der Waals surface area contributed by atoms with Gasteiger partial charge in [-0.25, -0.2) is 14.2 Å². The molecule has 2 rings (SSSR count). The molecular formula is C15H18FN3O2S. The number of urea groups is 1. The van der Waals surface area contributed by atoms with E-state index in [1.165, 1.54) is 29.4 Å². The van der Waals surface area contributed by atoms with Crippen molar-refractivity contribution in [2.24, 2.45) is 0 Å². The van der Waals surface area contributed by atoms with Gasteiger partial charge in [-0.1, -0.05) is 6.07 Å². The van der Waals surface area contributed by atoms with Crippen LogP contribution in [0.5, 0.6) is 5.75 Å². The molecule has 2 amide bonds. The van der Waals surface area contributed by atoms with Crippen molar-refractivity contribution in [2.45, 2.75) is 20.0 Å². The van der Waals surface area contributed by atoms with Gasteiger partial charge in [0.25, 0.3) is 0 Å². The third-order valence-corrected chi connectivity index (χ3v) is 4.16. The minimum atomic E-state index is -0.436. The van der Waals surface area contributed by atoms with Gasteiger partial charge in [0, 0.05) is 18.5 Å². The van der Waals surface area contributed by atoms with Crippen molar-refractivity contribution in [1.82, 2.24) is 15.2 Å². The predicted molar refractivity (Wildman–Crippen MR) is 83.5 cm³/mol. The average molecular weight is 323 g/mol. The van der Waals surface area contributed by atoms with Crippen LogP contribution in [-0.4, -0.2) is 30.1 Å². The van der Waals surface area contributed by atoms with E-state index in [2.05, 4.69) is 10.3 Å². The molecule has 0 saturated carbocycles. The standard InChI is InChI=1S/C15H18FN3O2S/c1-10-14(22-9-18-10)7-17-15(20)19(2)8-11-4-5-13(21-3)12(16)6-11/h4-6,9H,7-8H2,1-3H3,(H,17,20). The van der Waals surface area contributed by atoms with E-state index >= 15 is 0 Å². The van der Waals surface area contributed by atoms with Gasteiger partial charge in [0.15, 0.2) is 11.6 Å². The Morgan fingerprint density at radius 3 is 2.86 bits per heavy atom. The second kappa shape index (κ2) is 7.22. The third-order valence-electron chi connectivity index (χ3n) is 3.23. The van der Waals surface area contributed by atoms with Crippen LogP contribution in [0.3, 0.4) is 0 Å². The number of hydrogen-bond donors (Lipinski definition) is 1. The van der Waals surface area contributed by atoms with E-state index in [1.807, 2.05) is 6.92 Å². The van der Waals surface area contributed by atoms with E-state index in [9.17, 15) is 9.18 Å². The number of nitrogens with one attached hydrogen (secondary N) is 1. The number of thiazole rings is 1. The predicted octanol–water partition coefficient (Wildman–Crippen LogP) is 2.94. The maximum atomic E-state index is 13.6. The Kier molecular flexibility index (Phi) is 5.32. The molecule has 0 fully saturated rings. The number of amides is 2. The maximum absolute atomic E-state index is 13.6. The molecule has 2 aromatic rings. The first-order chi connectivity index (χ1) is 10.5. The van der Waals surface area contributed by atoms with Gasteiger partial charge in [-0.2, -0.15) is 0 Å². The lowest BCUT2D eigenvalue weighted by Gasteiger charge is -2.18. The quantitative estimate of drug-likeness (QED) is 0.920. The van der Waals surface area contributed by atoms with Crippen LogP contribution < -0.4 is 10.1 Å². The minimum Gasteiger partial charge on any atom is -0.494 e. The number of aromatic nitrogens is 1. The van der Waals surface area contributed by atoms with Crippen molar-refractivity contribution >= 4 is 17.4 Å². The number of hydrogen-bond acceptors (Lipinski definition) is 4. The van der Waals surface area contributed by atoms with Gasteiger partial charge < -0.3 is 15.0 Å². The number of ether oxygens (including phenoxy) is 1. The zero-order chi connectivity index (χ0) is 16.1. The van der Waals surface area contributed by atoms with Crippen LogP contribution >= 0.6 is 11.3 Å². The van der Waals surface area contributed by atoms with Gasteiger partial charge in [0.2, 0.25) is 0 Å². The average Bonchev–Trinajstić information content (AvgIpc) is 2.90. The third kappa shape index (κ3) is 3.94. The molecule has 0 unspecified atom stereocenters. The lowest BCUT2D eigenvalue weighted by molar-refractivity contribution is 0.206. The molecule has 118 valence electrons. The molecule has 0 radical (unpaired) electrons. The Balaban J connectivity index is 1.91. The molecule has 7 heteroatoms. The molecule has 22 heavy (non-hydrogen) atoms. The number of carbonyl (C=O) groups is 1. The molecule has 0 aliphatic heterocycles. The highest BCUT2D eigenvalue weighted by Gasteiger charge is 2.11. The summed E-state index contributed by atoms with van der Waals surface area (Å²) in [5.74, 6) is -0.245. The molecule has 0 spiro atoms. The van der Waals surface area contributed by atoms with Crippen LogP contribution in [0.2, 0.25) is 0 Å². The Labute approximate surface area is 132 Å². The number of aryl methyl sites for hydroxylation is 1. The van der Waals surface area contributed by atoms with Crippen LogP contribution in [0.4, 0.5) is 9.18 Å². The number of methoxy groups -OCH3 is 1. The van der Waals surface area contributed by atoms with Gasteiger partial charge in [-0.05, 0) is 24.6 Å². The van der Waals surface area contributed by atoms with Gasteiger partial charge in [0.1, 0.15) is 0 Å². The van der Waals surface area contributed by atoms with E-state index < -0.39 is 5.82 Å². The SMILES string of the molecule is COc1ccc(CN(C)C(=O)NCc2scnc2C)cc1F. The smallest absolute Gasteiger partial charge is 0.317 e. The topological polar surface area (TPSA) is 54.5 Å². The monoisotopic (exact) mass is 323 g/mol. The van der Waals surface area contributed by atoms with Crippen molar-refractivity contribution < 1.29 is 13.9 Å². The number of halogens is 1. The van der Waals surface area contributed by atoms with Crippen LogP contribution in [0, 0.1) is 12.7 Å². The zero-order valence-electron chi connectivity index (χ0n) is 12.7. The molecule has 1 aromatic carbocycles. The number of nitrogens with zero attached hydrogens (tertiary/aromatic N) is 2. The molecule has 0 aliphatic rings. The molecule has 1 heterocycles. The Morgan fingerprint density at radius 1 is 1.50 bits per heavy atom. The summed E-state index contributed by atoms with van der Waals surface area (Å²) >= 11 is 1.51. The second-order valence-corrected chi connectivity index (χ2v) is 5.78. The number of carbonyl (C=O) groups excluding carboxylic acids is 1. The van der Waals surface area contributed by atoms with Crippen molar-refractivity contribution in [3.8, 4) is 5.75 Å². The van der Waals surface area contributed by atoms with Crippen LogP contribution in [0.1, 0.15) is 16.1 Å². The normalized spacial score (nSPS) is 10.4. The summed E-state index contributed by atoms with van der Waals surface area (Å²) in [5, 5.41) is 2.82. The van der Waals surface area contributed by atoms with Crippen LogP contribution in [0.25, 0.3) is 0 Å². The summed E-state index contributed by atoms with van der Waals surface area (Å²) < 4.78 is 18.5. The van der Waals surface area contributed by atoms with Gasteiger partial charge in [-0.15, -0.1) is 11.3 Å². The van der Waals surface area contributed by atoms with E-state index in [0.29, 0.717) is 18.7 Å². The van der Waals surface area contributed by atoms with Crippen molar-refractivity contribution in [2.75, 3.05) is 14.2 Å². The van der Waals surface area contributed by atoms with Crippen LogP contribution in [0.15, 0.2) is 23.7 Å². The summed E-state index contributed by atoms with van der Waals surface area (Å²) in [7, 11) is 3.08. The van der Waals surface area contributed by atoms with E-state index in [0.717, 1.165) is 10.6 Å². The zero-order valence-corrected chi connectivity index (χ0v) is 13.5. The molecule has 5 nitrogen and oxygen atoms in total. The van der Waals surface area contributed by atoms with E-state index in [1.54, 1.807) is 24.7 Å². The highest BCUT2D eigenvalue weighted by Crippen LogP contribution is 2.18. The van der Waals surface area contributed by atoms with E-state index in [-0.39, 0.29) is 11.8 Å². The molecular weight excluding hydrogens is 305 g/mol. The molecule has 0 bridgehead atoms. The van der Waals surface area contributed by atoms with Gasteiger partial charge >= 0.3 is 6.03 Å². The summed E-state index contributed by atoms with van der Waals surface area (Å²) in [6, 6.07) is 4.44. The highest BCUT2D eigenvalue weighted by atomic mass is 32.1. The molecule has 0 saturated heterocycles. The summed E-state index contributed by atoms with van der Waals surface area (Å²) in [6.45, 7) is 2.66. The fourth-order valence-corrected chi connectivity index (χ4v) is 2.66. The molecule has 1 N–H and O–H groups in total. The highest BCUT2D eigenvalue weighted by molar-refractivity contribution is 7.09. The molecule has 0 atom stereocenters. The first kappa shape index (κ1) is 16.2. The molecule has 0 aliphatic carbocycles. The summed E-state index contributed by atoms with van der Waals surface area (Å²) in [4.78, 5) is 18.7. The lowest BCUT2D eigenvalue weighted by atomic mass is 10.2. The van der Waals surface area contributed by atoms with Crippen molar-refractivity contribution in [3.63, 3.8) is 0 Å².